The highest BCUT2D eigenvalue weighted by molar-refractivity contribution is 5.88. The largest absolute Gasteiger partial charge is 0.359 e. The van der Waals surface area contributed by atoms with E-state index >= 15 is 0 Å². The Kier molecular flexibility index (Phi) is 8.30. The molecule has 0 unspecified atom stereocenters. The topological polar surface area (TPSA) is 53.4 Å². The molecule has 3 fully saturated rings. The van der Waals surface area contributed by atoms with Gasteiger partial charge < -0.3 is 10.2 Å². The molecule has 196 valence electrons. The fraction of sp³-hybridized carbons (Fsp3) is 0.793. The van der Waals surface area contributed by atoms with Crippen LogP contribution in [0.5, 0.6) is 0 Å². The quantitative estimate of drug-likeness (QED) is 0.530. The van der Waals surface area contributed by atoms with Crippen molar-refractivity contribution in [2.24, 2.45) is 5.92 Å². The van der Waals surface area contributed by atoms with Crippen molar-refractivity contribution in [3.8, 4) is 0 Å². The summed E-state index contributed by atoms with van der Waals surface area (Å²) in [4.78, 5) is 18.6. The zero-order valence-electron chi connectivity index (χ0n) is 23.0. The number of piperidine rings is 1. The summed E-state index contributed by atoms with van der Waals surface area (Å²) in [6.07, 6.45) is 11.5. The van der Waals surface area contributed by atoms with Crippen molar-refractivity contribution >= 4 is 5.91 Å². The summed E-state index contributed by atoms with van der Waals surface area (Å²) in [6.45, 7) is 19.4. The standard InChI is InChI=1S/C29H49N5O/c1-7-8-16-33-24(6)27(19-21(2)3)30-28(35)29(33)14-17-32(18-15-29)20-26-22(4)31-34(23(26)5)25-12-10-9-11-13-25/h21,25,27H,6-20H2,1-5H3,(H,30,35)/t27-/m0/s1. The summed E-state index contributed by atoms with van der Waals surface area (Å²) < 4.78 is 2.33. The fourth-order valence-corrected chi connectivity index (χ4v) is 6.71. The van der Waals surface area contributed by atoms with E-state index in [-0.39, 0.29) is 11.9 Å². The number of hydrogen-bond acceptors (Lipinski definition) is 4. The van der Waals surface area contributed by atoms with Crippen LogP contribution in [0.25, 0.3) is 0 Å². The number of nitrogens with one attached hydrogen (secondary N) is 1. The molecule has 1 spiro atoms. The van der Waals surface area contributed by atoms with Crippen molar-refractivity contribution in [3.63, 3.8) is 0 Å². The highest BCUT2D eigenvalue weighted by Gasteiger charge is 2.51. The Morgan fingerprint density at radius 2 is 1.83 bits per heavy atom. The molecule has 1 aromatic rings. The van der Waals surface area contributed by atoms with E-state index in [1.54, 1.807) is 0 Å². The van der Waals surface area contributed by atoms with Gasteiger partial charge in [0, 0.05) is 43.1 Å². The zero-order chi connectivity index (χ0) is 25.2. The molecule has 1 aliphatic carbocycles. The number of unbranched alkanes of at least 4 members (excludes halogenated alkanes) is 1. The van der Waals surface area contributed by atoms with E-state index in [0.29, 0.717) is 12.0 Å². The Labute approximate surface area is 213 Å². The van der Waals surface area contributed by atoms with Crippen LogP contribution in [-0.2, 0) is 11.3 Å². The number of piperazine rings is 1. The van der Waals surface area contributed by atoms with Gasteiger partial charge in [0.1, 0.15) is 5.54 Å². The van der Waals surface area contributed by atoms with Gasteiger partial charge in [-0.15, -0.1) is 0 Å². The molecular weight excluding hydrogens is 434 g/mol. The molecule has 2 aliphatic heterocycles. The molecule has 1 saturated carbocycles. The number of aromatic nitrogens is 2. The summed E-state index contributed by atoms with van der Waals surface area (Å²) in [5, 5.41) is 8.36. The van der Waals surface area contributed by atoms with E-state index < -0.39 is 5.54 Å². The monoisotopic (exact) mass is 483 g/mol. The van der Waals surface area contributed by atoms with Gasteiger partial charge in [0.05, 0.1) is 17.8 Å². The van der Waals surface area contributed by atoms with Gasteiger partial charge in [-0.2, -0.15) is 5.10 Å². The van der Waals surface area contributed by atoms with Gasteiger partial charge in [-0.1, -0.05) is 53.0 Å². The lowest BCUT2D eigenvalue weighted by Gasteiger charge is -2.54. The van der Waals surface area contributed by atoms with E-state index in [1.807, 2.05) is 0 Å². The average Bonchev–Trinajstić information content (AvgIpc) is 3.12. The first-order valence-corrected chi connectivity index (χ1v) is 14.3. The van der Waals surface area contributed by atoms with Crippen molar-refractivity contribution < 1.29 is 4.79 Å². The van der Waals surface area contributed by atoms with E-state index in [2.05, 4.69) is 61.0 Å². The first-order chi connectivity index (χ1) is 16.8. The van der Waals surface area contributed by atoms with Gasteiger partial charge in [-0.25, -0.2) is 0 Å². The van der Waals surface area contributed by atoms with Gasteiger partial charge in [-0.3, -0.25) is 14.4 Å². The summed E-state index contributed by atoms with van der Waals surface area (Å²) in [6, 6.07) is 0.641. The highest BCUT2D eigenvalue weighted by atomic mass is 16.2. The molecule has 4 rings (SSSR count). The molecule has 3 aliphatic rings. The van der Waals surface area contributed by atoms with Crippen LogP contribution in [0.15, 0.2) is 12.3 Å². The molecule has 1 atom stereocenters. The minimum atomic E-state index is -0.438. The molecule has 1 amide bonds. The van der Waals surface area contributed by atoms with Crippen LogP contribution in [0.4, 0.5) is 0 Å². The van der Waals surface area contributed by atoms with Gasteiger partial charge in [0.25, 0.3) is 0 Å². The van der Waals surface area contributed by atoms with Crippen molar-refractivity contribution in [3.05, 3.63) is 29.2 Å². The van der Waals surface area contributed by atoms with E-state index in [1.165, 1.54) is 49.1 Å². The van der Waals surface area contributed by atoms with Gasteiger partial charge >= 0.3 is 0 Å². The minimum absolute atomic E-state index is 0.0685. The summed E-state index contributed by atoms with van der Waals surface area (Å²) in [7, 11) is 0. The molecule has 35 heavy (non-hydrogen) atoms. The molecule has 6 heteroatoms. The number of carbonyl (C=O) groups is 1. The normalized spacial score (nSPS) is 23.9. The van der Waals surface area contributed by atoms with Crippen molar-refractivity contribution in [2.45, 2.75) is 123 Å². The predicted octanol–water partition coefficient (Wildman–Crippen LogP) is 5.50. The van der Waals surface area contributed by atoms with Crippen molar-refractivity contribution in [2.75, 3.05) is 19.6 Å². The number of amides is 1. The van der Waals surface area contributed by atoms with Crippen LogP contribution >= 0.6 is 0 Å². The second-order valence-corrected chi connectivity index (χ2v) is 11.8. The van der Waals surface area contributed by atoms with Gasteiger partial charge in [0.15, 0.2) is 0 Å². The zero-order valence-corrected chi connectivity index (χ0v) is 23.0. The number of aryl methyl sites for hydroxylation is 1. The third-order valence-electron chi connectivity index (χ3n) is 8.90. The molecular formula is C29H49N5O. The minimum Gasteiger partial charge on any atom is -0.359 e. The first-order valence-electron chi connectivity index (χ1n) is 14.3. The Morgan fingerprint density at radius 3 is 2.46 bits per heavy atom. The van der Waals surface area contributed by atoms with E-state index in [0.717, 1.165) is 64.0 Å². The third-order valence-corrected chi connectivity index (χ3v) is 8.90. The van der Waals surface area contributed by atoms with Crippen LogP contribution in [0.2, 0.25) is 0 Å². The molecule has 0 aromatic carbocycles. The van der Waals surface area contributed by atoms with Crippen molar-refractivity contribution in [1.82, 2.24) is 24.9 Å². The number of likely N-dealkylation sites (tertiary alicyclic amines) is 1. The maximum Gasteiger partial charge on any atom is 0.246 e. The maximum atomic E-state index is 13.6. The van der Waals surface area contributed by atoms with Gasteiger partial charge in [-0.05, 0) is 58.3 Å². The first kappa shape index (κ1) is 26.2. The Morgan fingerprint density at radius 1 is 1.14 bits per heavy atom. The van der Waals surface area contributed by atoms with Crippen LogP contribution in [-0.4, -0.2) is 56.7 Å². The molecule has 1 N–H and O–H groups in total. The van der Waals surface area contributed by atoms with Crippen molar-refractivity contribution in [1.29, 1.82) is 0 Å². The predicted molar refractivity (Wildman–Crippen MR) is 143 cm³/mol. The fourth-order valence-electron chi connectivity index (χ4n) is 6.71. The van der Waals surface area contributed by atoms with Gasteiger partial charge in [0.2, 0.25) is 5.91 Å². The molecule has 0 bridgehead atoms. The second kappa shape index (κ2) is 11.1. The highest BCUT2D eigenvalue weighted by Crippen LogP contribution is 2.38. The van der Waals surface area contributed by atoms with Crippen LogP contribution in [0.3, 0.4) is 0 Å². The molecule has 3 heterocycles. The Balaban J connectivity index is 1.46. The molecule has 6 nitrogen and oxygen atoms in total. The number of rotatable bonds is 8. The third kappa shape index (κ3) is 5.33. The van der Waals surface area contributed by atoms with Crippen LogP contribution in [0.1, 0.15) is 108 Å². The summed E-state index contributed by atoms with van der Waals surface area (Å²) in [5.74, 6) is 0.755. The number of hydrogen-bond donors (Lipinski definition) is 1. The number of nitrogens with zero attached hydrogens (tertiary/aromatic N) is 4. The Bertz CT molecular complexity index is 889. The number of carbonyl (C=O) groups excluding carboxylic acids is 1. The molecule has 2 saturated heterocycles. The lowest BCUT2D eigenvalue weighted by Crippen LogP contribution is -2.69. The second-order valence-electron chi connectivity index (χ2n) is 11.8. The van der Waals surface area contributed by atoms with E-state index in [4.69, 9.17) is 5.10 Å². The lowest BCUT2D eigenvalue weighted by atomic mass is 9.80. The van der Waals surface area contributed by atoms with Crippen LogP contribution in [0, 0.1) is 19.8 Å². The molecule has 1 aromatic heterocycles. The smallest absolute Gasteiger partial charge is 0.246 e. The molecule has 0 radical (unpaired) electrons. The average molecular weight is 484 g/mol. The SMILES string of the molecule is C=C1[C@H](CC(C)C)NC(=O)C2(CCN(Cc3c(C)nn(C4CCCCC4)c3C)CC2)N1CCCC. The maximum absolute atomic E-state index is 13.6. The summed E-state index contributed by atoms with van der Waals surface area (Å²) >= 11 is 0. The Hall–Kier alpha value is -1.82. The lowest BCUT2D eigenvalue weighted by molar-refractivity contribution is -0.140. The van der Waals surface area contributed by atoms with E-state index in [9.17, 15) is 4.79 Å². The van der Waals surface area contributed by atoms with Crippen LogP contribution < -0.4 is 5.32 Å². The summed E-state index contributed by atoms with van der Waals surface area (Å²) in [5.41, 5.74) is 4.61.